The standard InChI is InChI=1S/C68H68N6O2S2/c1-4-7-10-13-14-25-42-74-70-64-52(58-37-33-50(77-58)43-49(45-69)68(75)76)34-35-53(65(64)71-74)59-39-38-57(78-59)48-32-36-56-54(44-48)63-61(47-28-19-16-20-29-47)66-62(51-30-21-22-31-55(51)72(66)40-23-11-8-5-2)60(46-26-17-15-18-27-46)67(63)73(56)41-24-12-9-6-3/h15-22,26-39,43-44H,4-14,23-25,40-42H2,1-3H3,(H,75,76)/b49-43+. The van der Waals surface area contributed by atoms with Crippen molar-refractivity contribution >= 4 is 89.4 Å². The second kappa shape index (κ2) is 24.0. The van der Waals surface area contributed by atoms with Gasteiger partial charge in [-0.3, -0.25) is 0 Å². The number of rotatable bonds is 24. The summed E-state index contributed by atoms with van der Waals surface area (Å²) in [5.41, 5.74) is 14.8. The maximum Gasteiger partial charge on any atom is 0.346 e. The van der Waals surface area contributed by atoms with Crippen LogP contribution in [0.1, 0.15) is 116 Å². The largest absolute Gasteiger partial charge is 0.477 e. The molecule has 0 fully saturated rings. The van der Waals surface area contributed by atoms with Crippen molar-refractivity contribution < 1.29 is 9.90 Å². The molecule has 11 rings (SSSR count). The Kier molecular flexibility index (Phi) is 16.1. The van der Waals surface area contributed by atoms with Crippen molar-refractivity contribution in [3.05, 3.63) is 150 Å². The molecule has 0 saturated heterocycles. The lowest BCUT2D eigenvalue weighted by Gasteiger charge is -2.18. The summed E-state index contributed by atoms with van der Waals surface area (Å²) in [6.07, 6.45) is 17.9. The zero-order valence-electron chi connectivity index (χ0n) is 45.2. The highest BCUT2D eigenvalue weighted by molar-refractivity contribution is 7.19. The Morgan fingerprint density at radius 3 is 1.63 bits per heavy atom. The number of carboxylic acid groups (broad SMARTS) is 1. The Bertz CT molecular complexity index is 3990. The van der Waals surface area contributed by atoms with Gasteiger partial charge in [0.05, 0.1) is 17.6 Å². The lowest BCUT2D eigenvalue weighted by atomic mass is 9.89. The molecule has 0 unspecified atom stereocenters. The molecule has 5 aromatic heterocycles. The minimum Gasteiger partial charge on any atom is -0.477 e. The highest BCUT2D eigenvalue weighted by Gasteiger charge is 2.28. The number of nitriles is 1. The van der Waals surface area contributed by atoms with E-state index in [1.54, 1.807) is 11.3 Å². The number of para-hydroxylation sites is 1. The molecule has 11 aromatic rings. The van der Waals surface area contributed by atoms with Gasteiger partial charge in [-0.25, -0.2) is 4.79 Å². The monoisotopic (exact) mass is 1060 g/mol. The molecule has 0 aliphatic heterocycles. The molecule has 10 heteroatoms. The van der Waals surface area contributed by atoms with Crippen LogP contribution < -0.4 is 0 Å². The normalized spacial score (nSPS) is 12.1. The second-order valence-electron chi connectivity index (χ2n) is 20.9. The fourth-order valence-corrected chi connectivity index (χ4v) is 13.8. The number of hydrogen-bond donors (Lipinski definition) is 1. The molecule has 0 radical (unpaired) electrons. The molecule has 6 aromatic carbocycles. The molecule has 0 saturated carbocycles. The van der Waals surface area contributed by atoms with Gasteiger partial charge in [-0.05, 0) is 84.5 Å². The maximum atomic E-state index is 11.7. The van der Waals surface area contributed by atoms with Crippen LogP contribution in [0.4, 0.5) is 0 Å². The van der Waals surface area contributed by atoms with Gasteiger partial charge in [0.25, 0.3) is 0 Å². The van der Waals surface area contributed by atoms with Crippen molar-refractivity contribution in [1.82, 2.24) is 24.1 Å². The predicted molar refractivity (Wildman–Crippen MR) is 329 cm³/mol. The fraction of sp³-hybridized carbons (Fsp3) is 0.294. The Morgan fingerprint density at radius 2 is 1.03 bits per heavy atom. The summed E-state index contributed by atoms with van der Waals surface area (Å²) < 4.78 is 5.35. The van der Waals surface area contributed by atoms with Crippen molar-refractivity contribution in [2.75, 3.05) is 0 Å². The molecule has 0 atom stereocenters. The lowest BCUT2D eigenvalue weighted by molar-refractivity contribution is -0.132. The summed E-state index contributed by atoms with van der Waals surface area (Å²) in [6.45, 7) is 9.44. The van der Waals surface area contributed by atoms with E-state index in [-0.39, 0.29) is 5.57 Å². The van der Waals surface area contributed by atoms with Gasteiger partial charge in [-0.15, -0.1) is 22.7 Å². The van der Waals surface area contributed by atoms with E-state index in [2.05, 4.69) is 157 Å². The number of nitrogens with zero attached hydrogens (tertiary/aromatic N) is 6. The summed E-state index contributed by atoms with van der Waals surface area (Å²) >= 11 is 3.24. The van der Waals surface area contributed by atoms with Crippen molar-refractivity contribution in [3.8, 4) is 59.6 Å². The van der Waals surface area contributed by atoms with Crippen molar-refractivity contribution in [1.29, 1.82) is 5.26 Å². The number of aryl methyl sites for hydroxylation is 3. The molecule has 0 spiro atoms. The third-order valence-corrected chi connectivity index (χ3v) is 17.8. The van der Waals surface area contributed by atoms with E-state index in [0.717, 1.165) is 77.2 Å². The highest BCUT2D eigenvalue weighted by atomic mass is 32.1. The maximum absolute atomic E-state index is 11.7. The number of hydrogen-bond acceptors (Lipinski definition) is 6. The van der Waals surface area contributed by atoms with Crippen molar-refractivity contribution in [2.24, 2.45) is 0 Å². The van der Waals surface area contributed by atoms with E-state index in [4.69, 9.17) is 10.2 Å². The first-order valence-corrected chi connectivity index (χ1v) is 30.1. The number of fused-ring (bicyclic) bond motifs is 7. The van der Waals surface area contributed by atoms with Gasteiger partial charge in [0.15, 0.2) is 0 Å². The SMILES string of the molecule is CCCCCCCCn1nc2c(-c3ccc(/C=C(\C#N)C(=O)O)s3)ccc(-c3ccc(-c4ccc5c(c4)c4c(-c6ccccc6)c6c(c(-c7ccccc7)c4n5CCCCCC)c4ccccc4n6CCCCCC)s3)c2n1. The smallest absolute Gasteiger partial charge is 0.346 e. The van der Waals surface area contributed by atoms with Crippen LogP contribution in [0.2, 0.25) is 0 Å². The van der Waals surface area contributed by atoms with Crippen LogP contribution in [0.15, 0.2) is 145 Å². The van der Waals surface area contributed by atoms with Gasteiger partial charge >= 0.3 is 5.97 Å². The number of aromatic nitrogens is 5. The Morgan fingerprint density at radius 1 is 0.526 bits per heavy atom. The predicted octanol–water partition coefficient (Wildman–Crippen LogP) is 19.6. The van der Waals surface area contributed by atoms with Gasteiger partial charge in [0.1, 0.15) is 22.7 Å². The molecular weight excluding hydrogens is 997 g/mol. The zero-order chi connectivity index (χ0) is 53.5. The summed E-state index contributed by atoms with van der Waals surface area (Å²) in [6, 6.07) is 53.2. The Labute approximate surface area is 465 Å². The average Bonchev–Trinajstić information content (AvgIpc) is 3.91. The number of carbonyl (C=O) groups is 1. The molecule has 78 heavy (non-hydrogen) atoms. The molecule has 0 amide bonds. The summed E-state index contributed by atoms with van der Waals surface area (Å²) in [5.74, 6) is -1.24. The van der Waals surface area contributed by atoms with Crippen LogP contribution in [0.5, 0.6) is 0 Å². The van der Waals surface area contributed by atoms with Gasteiger partial charge in [-0.2, -0.15) is 20.3 Å². The van der Waals surface area contributed by atoms with E-state index in [9.17, 15) is 15.2 Å². The van der Waals surface area contributed by atoms with E-state index in [0.29, 0.717) is 4.88 Å². The third kappa shape index (κ3) is 10.3. The van der Waals surface area contributed by atoms with Crippen molar-refractivity contribution in [3.63, 3.8) is 0 Å². The molecule has 0 aliphatic rings. The van der Waals surface area contributed by atoms with Crippen LogP contribution in [0.25, 0.3) is 114 Å². The fourth-order valence-electron chi connectivity index (χ4n) is 11.8. The van der Waals surface area contributed by atoms with E-state index in [1.165, 1.54) is 158 Å². The summed E-state index contributed by atoms with van der Waals surface area (Å²) in [4.78, 5) is 17.5. The second-order valence-corrected chi connectivity index (χ2v) is 23.1. The minimum absolute atomic E-state index is 0.294. The summed E-state index contributed by atoms with van der Waals surface area (Å²) in [5, 5.41) is 34.7. The van der Waals surface area contributed by atoms with Gasteiger partial charge in [-0.1, -0.05) is 188 Å². The quantitative estimate of drug-likeness (QED) is 0.0369. The summed E-state index contributed by atoms with van der Waals surface area (Å²) in [7, 11) is 0. The van der Waals surface area contributed by atoms with Crippen LogP contribution in [-0.2, 0) is 24.4 Å². The van der Waals surface area contributed by atoms with Gasteiger partial charge in [0, 0.05) is 87.4 Å². The number of aliphatic carboxylic acids is 1. The van der Waals surface area contributed by atoms with Crippen molar-refractivity contribution in [2.45, 2.75) is 130 Å². The molecular formula is C68H68N6O2S2. The molecule has 0 bridgehead atoms. The number of thiophene rings is 2. The van der Waals surface area contributed by atoms with Crippen LogP contribution in [-0.4, -0.2) is 35.2 Å². The van der Waals surface area contributed by atoms with E-state index < -0.39 is 5.97 Å². The topological polar surface area (TPSA) is 102 Å². The molecule has 5 heterocycles. The minimum atomic E-state index is -1.24. The first-order valence-electron chi connectivity index (χ1n) is 28.5. The zero-order valence-corrected chi connectivity index (χ0v) is 46.9. The van der Waals surface area contributed by atoms with Gasteiger partial charge in [0.2, 0.25) is 0 Å². The third-order valence-electron chi connectivity index (χ3n) is 15.6. The first-order chi connectivity index (χ1) is 38.4. The first kappa shape index (κ1) is 52.5. The molecule has 394 valence electrons. The average molecular weight is 1070 g/mol. The Balaban J connectivity index is 1.10. The highest BCUT2D eigenvalue weighted by Crippen LogP contribution is 2.52. The number of carboxylic acids is 1. The van der Waals surface area contributed by atoms with Crippen LogP contribution in [0, 0.1) is 11.3 Å². The van der Waals surface area contributed by atoms with E-state index in [1.807, 2.05) is 23.0 Å². The van der Waals surface area contributed by atoms with Crippen LogP contribution >= 0.6 is 22.7 Å². The molecule has 0 aliphatic carbocycles. The number of benzene rings is 6. The van der Waals surface area contributed by atoms with E-state index >= 15 is 0 Å². The molecule has 8 nitrogen and oxygen atoms in total. The molecule has 1 N–H and O–H groups in total. The van der Waals surface area contributed by atoms with Crippen LogP contribution in [0.3, 0.4) is 0 Å². The Hall–Kier alpha value is -7.58. The number of unbranched alkanes of at least 4 members (excludes halogenated alkanes) is 11. The lowest BCUT2D eigenvalue weighted by Crippen LogP contribution is -2.02. The van der Waals surface area contributed by atoms with Gasteiger partial charge < -0.3 is 14.2 Å².